The van der Waals surface area contributed by atoms with Crippen LogP contribution in [0.15, 0.2) is 47.2 Å². The predicted octanol–water partition coefficient (Wildman–Crippen LogP) is 8.80. The van der Waals surface area contributed by atoms with Crippen LogP contribution in [0.4, 0.5) is 8.78 Å². The molecule has 0 fully saturated rings. The van der Waals surface area contributed by atoms with E-state index in [-0.39, 0.29) is 11.1 Å². The second-order valence-corrected chi connectivity index (χ2v) is 14.6. The summed E-state index contributed by atoms with van der Waals surface area (Å²) in [5.74, 6) is -2.10. The second-order valence-electron chi connectivity index (χ2n) is 10.9. The number of nitrogens with zero attached hydrogens (tertiary/aromatic N) is 2. The Morgan fingerprint density at radius 3 is 1.46 bits per heavy atom. The highest BCUT2D eigenvalue weighted by Gasteiger charge is 2.24. The maximum Gasteiger partial charge on any atom is 0.158 e. The maximum absolute atomic E-state index is 15.2. The smallest absolute Gasteiger partial charge is 0.158 e. The first kappa shape index (κ1) is 28.1. The fourth-order valence-corrected chi connectivity index (χ4v) is 9.13. The van der Waals surface area contributed by atoms with Crippen molar-refractivity contribution in [3.05, 3.63) is 102 Å². The summed E-state index contributed by atoms with van der Waals surface area (Å²) in [4.78, 5) is 9.20. The number of aryl methyl sites for hydroxylation is 2. The monoisotopic (exact) mass is 608 g/mol. The molecule has 0 spiro atoms. The van der Waals surface area contributed by atoms with E-state index in [2.05, 4.69) is 9.97 Å². The Labute approximate surface area is 247 Å². The average molecular weight is 609 g/mol. The van der Waals surface area contributed by atoms with Gasteiger partial charge in [-0.05, 0) is 97.9 Å². The van der Waals surface area contributed by atoms with Gasteiger partial charge in [0, 0.05) is 33.3 Å². The van der Waals surface area contributed by atoms with Gasteiger partial charge in [0.1, 0.15) is 21.6 Å². The van der Waals surface area contributed by atoms with Gasteiger partial charge in [0.2, 0.25) is 0 Å². The van der Waals surface area contributed by atoms with Crippen molar-refractivity contribution >= 4 is 54.8 Å². The number of hydrogen-bond acceptors (Lipinski definition) is 6. The largest absolute Gasteiger partial charge is 0.242 e. The summed E-state index contributed by atoms with van der Waals surface area (Å²) < 4.78 is 56.5. The Morgan fingerprint density at radius 1 is 0.683 bits per heavy atom. The molecule has 0 unspecified atom stereocenters. The van der Waals surface area contributed by atoms with Crippen molar-refractivity contribution in [2.75, 3.05) is 0 Å². The van der Waals surface area contributed by atoms with E-state index < -0.39 is 33.0 Å². The Balaban J connectivity index is 1.20. The topological polar surface area (TPSA) is 59.9 Å². The molecule has 0 bridgehead atoms. The lowest BCUT2D eigenvalue weighted by molar-refractivity contribution is 0.580. The Hall–Kier alpha value is -3.01. The first-order chi connectivity index (χ1) is 19.7. The van der Waals surface area contributed by atoms with Gasteiger partial charge in [-0.2, -0.15) is 0 Å². The van der Waals surface area contributed by atoms with Crippen LogP contribution in [0.5, 0.6) is 0 Å². The molecule has 0 N–H and O–H groups in total. The molecule has 41 heavy (non-hydrogen) atoms. The zero-order valence-corrected chi connectivity index (χ0v) is 25.4. The van der Waals surface area contributed by atoms with Crippen LogP contribution in [0.1, 0.15) is 82.2 Å². The Morgan fingerprint density at radius 2 is 1.10 bits per heavy atom. The second kappa shape index (κ2) is 11.3. The SMILES string of the molecule is Cc1csc(C2=C(c3ccc(CS(=O)(=O)Cc4ccc(C5=C(c6nc(C)cs6)CCC5)cc4F)c(F)c3)CCC2)n1. The fourth-order valence-electron chi connectivity index (χ4n) is 5.81. The standard InChI is InChI=1S/C32H30F2N2O2S3/c1-19-15-39-31(35-19)27-7-3-5-25(27)21-9-11-23(29(33)13-21)17-41(37,38)18-24-12-10-22(14-30(24)34)26-6-4-8-28(26)32-36-20(2)16-40-32/h9-16H,3-8,17-18H2,1-2H3. The van der Waals surface area contributed by atoms with Gasteiger partial charge in [-0.3, -0.25) is 0 Å². The minimum Gasteiger partial charge on any atom is -0.242 e. The van der Waals surface area contributed by atoms with Crippen LogP contribution in [-0.4, -0.2) is 18.4 Å². The van der Waals surface area contributed by atoms with Gasteiger partial charge < -0.3 is 0 Å². The normalized spacial score (nSPS) is 15.9. The summed E-state index contributed by atoms with van der Waals surface area (Å²) in [5.41, 5.74) is 8.07. The molecule has 2 aromatic carbocycles. The van der Waals surface area contributed by atoms with Crippen molar-refractivity contribution in [1.29, 1.82) is 0 Å². The van der Waals surface area contributed by atoms with E-state index in [1.54, 1.807) is 46.9 Å². The lowest BCUT2D eigenvalue weighted by Gasteiger charge is -2.11. The molecule has 2 aliphatic rings. The number of halogens is 2. The molecule has 4 nitrogen and oxygen atoms in total. The molecule has 2 aliphatic carbocycles. The Kier molecular flexibility index (Phi) is 7.78. The molecule has 9 heteroatoms. The van der Waals surface area contributed by atoms with Crippen LogP contribution < -0.4 is 0 Å². The third-order valence-electron chi connectivity index (χ3n) is 7.74. The minimum atomic E-state index is -3.82. The number of aromatic nitrogens is 2. The fraction of sp³-hybridized carbons (Fsp3) is 0.312. The van der Waals surface area contributed by atoms with Crippen molar-refractivity contribution in [3.8, 4) is 0 Å². The van der Waals surface area contributed by atoms with Crippen molar-refractivity contribution in [2.45, 2.75) is 63.9 Å². The third kappa shape index (κ3) is 5.98. The highest BCUT2D eigenvalue weighted by molar-refractivity contribution is 7.89. The van der Waals surface area contributed by atoms with Crippen LogP contribution in [-0.2, 0) is 21.3 Å². The van der Waals surface area contributed by atoms with Crippen LogP contribution in [0.3, 0.4) is 0 Å². The molecule has 0 amide bonds. The molecule has 2 heterocycles. The summed E-state index contributed by atoms with van der Waals surface area (Å²) in [6.07, 6.45) is 5.43. The lowest BCUT2D eigenvalue weighted by atomic mass is 10.0. The van der Waals surface area contributed by atoms with Gasteiger partial charge in [-0.15, -0.1) is 22.7 Å². The van der Waals surface area contributed by atoms with Crippen molar-refractivity contribution in [3.63, 3.8) is 0 Å². The number of sulfone groups is 1. The van der Waals surface area contributed by atoms with Crippen molar-refractivity contribution in [1.82, 2.24) is 9.97 Å². The summed E-state index contributed by atoms with van der Waals surface area (Å²) >= 11 is 3.19. The molecule has 0 aliphatic heterocycles. The minimum absolute atomic E-state index is 0.0931. The maximum atomic E-state index is 15.2. The number of benzene rings is 2. The first-order valence-electron chi connectivity index (χ1n) is 13.7. The molecular weight excluding hydrogens is 579 g/mol. The molecule has 6 rings (SSSR count). The molecular formula is C32H30F2N2O2S3. The number of allylic oxidation sites excluding steroid dienone is 4. The molecule has 0 atom stereocenters. The van der Waals surface area contributed by atoms with E-state index in [9.17, 15) is 8.42 Å². The van der Waals surface area contributed by atoms with Gasteiger partial charge in [0.05, 0.1) is 11.5 Å². The van der Waals surface area contributed by atoms with Crippen LogP contribution >= 0.6 is 22.7 Å². The molecule has 212 valence electrons. The number of thiazole rings is 2. The van der Waals surface area contributed by atoms with Crippen molar-refractivity contribution in [2.24, 2.45) is 0 Å². The summed E-state index contributed by atoms with van der Waals surface area (Å²) in [7, 11) is -3.82. The van der Waals surface area contributed by atoms with Gasteiger partial charge in [0.25, 0.3) is 0 Å². The number of hydrogen-bond donors (Lipinski definition) is 0. The molecule has 0 saturated heterocycles. The average Bonchev–Trinajstić information content (AvgIpc) is 3.73. The van der Waals surface area contributed by atoms with E-state index in [1.165, 1.54) is 12.1 Å². The van der Waals surface area contributed by atoms with Gasteiger partial charge in [-0.1, -0.05) is 24.3 Å². The van der Waals surface area contributed by atoms with E-state index in [0.29, 0.717) is 0 Å². The van der Waals surface area contributed by atoms with Gasteiger partial charge in [0.15, 0.2) is 9.84 Å². The summed E-state index contributed by atoms with van der Waals surface area (Å²) in [5, 5.41) is 5.95. The molecule has 2 aromatic heterocycles. The summed E-state index contributed by atoms with van der Waals surface area (Å²) in [6, 6.07) is 9.54. The van der Waals surface area contributed by atoms with Gasteiger partial charge >= 0.3 is 0 Å². The number of rotatable bonds is 8. The van der Waals surface area contributed by atoms with Crippen molar-refractivity contribution < 1.29 is 17.2 Å². The zero-order chi connectivity index (χ0) is 28.7. The molecule has 0 radical (unpaired) electrons. The van der Waals surface area contributed by atoms with Crippen LogP contribution in [0.25, 0.3) is 22.3 Å². The van der Waals surface area contributed by atoms with Crippen LogP contribution in [0.2, 0.25) is 0 Å². The molecule has 4 aromatic rings. The predicted molar refractivity (Wildman–Crippen MR) is 164 cm³/mol. The highest BCUT2D eigenvalue weighted by atomic mass is 32.2. The van der Waals surface area contributed by atoms with E-state index in [1.807, 2.05) is 24.6 Å². The third-order valence-corrected chi connectivity index (χ3v) is 11.3. The lowest BCUT2D eigenvalue weighted by Crippen LogP contribution is -2.10. The highest BCUT2D eigenvalue weighted by Crippen LogP contribution is 2.42. The quantitative estimate of drug-likeness (QED) is 0.201. The van der Waals surface area contributed by atoms with E-state index in [4.69, 9.17) is 0 Å². The zero-order valence-electron chi connectivity index (χ0n) is 23.0. The van der Waals surface area contributed by atoms with E-state index >= 15 is 8.78 Å². The van der Waals surface area contributed by atoms with E-state index in [0.717, 1.165) is 93.3 Å². The van der Waals surface area contributed by atoms with Gasteiger partial charge in [-0.25, -0.2) is 27.2 Å². The summed E-state index contributed by atoms with van der Waals surface area (Å²) in [6.45, 7) is 3.91. The van der Waals surface area contributed by atoms with Crippen LogP contribution in [0, 0.1) is 25.5 Å². The molecule has 0 saturated carbocycles. The Bertz CT molecular complexity index is 1690. The first-order valence-corrected chi connectivity index (χ1v) is 17.3.